The van der Waals surface area contributed by atoms with Gasteiger partial charge in [-0.1, -0.05) is 108 Å². The molecule has 8 rings (SSSR count). The van der Waals surface area contributed by atoms with Crippen LogP contribution in [0.4, 0.5) is 10.1 Å². The third-order valence-electron chi connectivity index (χ3n) is 7.91. The minimum atomic E-state index is -0.220. The van der Waals surface area contributed by atoms with Gasteiger partial charge in [0.05, 0.1) is 12.7 Å². The minimum absolute atomic E-state index is 0.220. The molecule has 1 aromatic heterocycles. The summed E-state index contributed by atoms with van der Waals surface area (Å²) in [5, 5.41) is 18.8. The van der Waals surface area contributed by atoms with Crippen LogP contribution in [0.5, 0.6) is 0 Å². The van der Waals surface area contributed by atoms with Crippen molar-refractivity contribution in [3.63, 3.8) is 0 Å². The standard InChI is InChI=1S/C29H21N.C9H8FN3/c1-30-26-17-22-14-8-13-21-15-16-23-28(20-11-6-3-7-12-20)24(19-9-4-2-5-10-19)18-25(26)29(23)27(21)22;10-9-3-1-8(2-4-9)7-13-6-5-11-12-13/h2-18,30H,1H3;1-6H,7H2. The molecule has 7 aromatic carbocycles. The zero-order valence-electron chi connectivity index (χ0n) is 23.7. The first-order valence-electron chi connectivity index (χ1n) is 14.3. The summed E-state index contributed by atoms with van der Waals surface area (Å²) in [5.74, 6) is -0.220. The van der Waals surface area contributed by atoms with Crippen molar-refractivity contribution < 1.29 is 4.39 Å². The number of benzene rings is 7. The number of nitrogens with zero attached hydrogens (tertiary/aromatic N) is 3. The van der Waals surface area contributed by atoms with Gasteiger partial charge in [-0.15, -0.1) is 5.10 Å². The maximum Gasteiger partial charge on any atom is 0.123 e. The average molecular weight is 561 g/mol. The molecule has 8 aromatic rings. The van der Waals surface area contributed by atoms with Crippen molar-refractivity contribution in [1.29, 1.82) is 0 Å². The maximum atomic E-state index is 12.5. The van der Waals surface area contributed by atoms with Gasteiger partial charge < -0.3 is 5.32 Å². The largest absolute Gasteiger partial charge is 0.388 e. The topological polar surface area (TPSA) is 42.7 Å². The summed E-state index contributed by atoms with van der Waals surface area (Å²) in [6.45, 7) is 0.625. The van der Waals surface area contributed by atoms with Crippen LogP contribution in [0.2, 0.25) is 0 Å². The van der Waals surface area contributed by atoms with Gasteiger partial charge in [0.1, 0.15) is 5.82 Å². The Morgan fingerprint density at radius 3 is 2.09 bits per heavy atom. The van der Waals surface area contributed by atoms with Crippen molar-refractivity contribution in [3.05, 3.63) is 151 Å². The molecule has 0 unspecified atom stereocenters. The predicted molar refractivity (Wildman–Crippen MR) is 176 cm³/mol. The van der Waals surface area contributed by atoms with Gasteiger partial charge in [0.15, 0.2) is 0 Å². The zero-order valence-corrected chi connectivity index (χ0v) is 23.7. The Morgan fingerprint density at radius 1 is 0.674 bits per heavy atom. The number of aromatic nitrogens is 3. The van der Waals surface area contributed by atoms with E-state index in [-0.39, 0.29) is 5.82 Å². The molecule has 0 spiro atoms. The van der Waals surface area contributed by atoms with Crippen molar-refractivity contribution >= 4 is 38.0 Å². The highest BCUT2D eigenvalue weighted by Crippen LogP contribution is 2.46. The number of hydrogen-bond acceptors (Lipinski definition) is 3. The Bertz CT molecular complexity index is 2120. The van der Waals surface area contributed by atoms with Crippen LogP contribution in [-0.2, 0) is 6.54 Å². The monoisotopic (exact) mass is 560 g/mol. The second-order valence-corrected chi connectivity index (χ2v) is 10.5. The molecule has 0 atom stereocenters. The summed E-state index contributed by atoms with van der Waals surface area (Å²) in [6, 6.07) is 43.6. The summed E-state index contributed by atoms with van der Waals surface area (Å²) < 4.78 is 14.2. The van der Waals surface area contributed by atoms with E-state index in [9.17, 15) is 4.39 Å². The number of rotatable bonds is 5. The molecule has 0 aliphatic heterocycles. The molecule has 5 heteroatoms. The lowest BCUT2D eigenvalue weighted by molar-refractivity contribution is 0.621. The molecule has 208 valence electrons. The third-order valence-corrected chi connectivity index (χ3v) is 7.91. The molecule has 0 amide bonds. The number of hydrogen-bond donors (Lipinski definition) is 1. The zero-order chi connectivity index (χ0) is 29.2. The molecular weight excluding hydrogens is 531 g/mol. The van der Waals surface area contributed by atoms with Gasteiger partial charge in [0, 0.05) is 29.7 Å². The van der Waals surface area contributed by atoms with Crippen LogP contribution in [0.25, 0.3) is 54.6 Å². The average Bonchev–Trinajstić information content (AvgIpc) is 3.58. The lowest BCUT2D eigenvalue weighted by Crippen LogP contribution is -2.00. The molecule has 4 nitrogen and oxygen atoms in total. The molecule has 43 heavy (non-hydrogen) atoms. The van der Waals surface area contributed by atoms with E-state index in [1.807, 2.05) is 7.05 Å². The first kappa shape index (κ1) is 26.4. The second-order valence-electron chi connectivity index (χ2n) is 10.5. The molecule has 0 fully saturated rings. The van der Waals surface area contributed by atoms with Crippen LogP contribution >= 0.6 is 0 Å². The van der Waals surface area contributed by atoms with Crippen LogP contribution in [0.15, 0.2) is 140 Å². The lowest BCUT2D eigenvalue weighted by Gasteiger charge is -2.20. The van der Waals surface area contributed by atoms with Crippen molar-refractivity contribution in [1.82, 2.24) is 15.0 Å². The summed E-state index contributed by atoms with van der Waals surface area (Å²) in [4.78, 5) is 0. The third kappa shape index (κ3) is 5.06. The fraction of sp³-hybridized carbons (Fsp3) is 0.0526. The van der Waals surface area contributed by atoms with E-state index in [1.54, 1.807) is 29.2 Å². The van der Waals surface area contributed by atoms with Crippen LogP contribution in [0.1, 0.15) is 5.56 Å². The highest BCUT2D eigenvalue weighted by molar-refractivity contribution is 6.29. The van der Waals surface area contributed by atoms with Crippen LogP contribution in [0.3, 0.4) is 0 Å². The quantitative estimate of drug-likeness (QED) is 0.213. The van der Waals surface area contributed by atoms with E-state index >= 15 is 0 Å². The van der Waals surface area contributed by atoms with Crippen LogP contribution < -0.4 is 5.32 Å². The number of nitrogens with one attached hydrogen (secondary N) is 1. The molecule has 0 radical (unpaired) electrons. The van der Waals surface area contributed by atoms with Gasteiger partial charge in [-0.3, -0.25) is 0 Å². The molecule has 0 saturated heterocycles. The Labute approximate surface area is 249 Å². The first-order chi connectivity index (χ1) is 21.2. The summed E-state index contributed by atoms with van der Waals surface area (Å²) in [6.07, 6.45) is 3.38. The Morgan fingerprint density at radius 2 is 1.40 bits per heavy atom. The lowest BCUT2D eigenvalue weighted by atomic mass is 9.84. The van der Waals surface area contributed by atoms with E-state index in [0.717, 1.165) is 5.56 Å². The molecule has 1 N–H and O–H groups in total. The maximum absolute atomic E-state index is 12.5. The van der Waals surface area contributed by atoms with E-state index in [2.05, 4.69) is 119 Å². The van der Waals surface area contributed by atoms with Gasteiger partial charge in [0.25, 0.3) is 0 Å². The normalized spacial score (nSPS) is 11.1. The SMILES string of the molecule is CNc1cc2cccc3ccc4c(-c5ccccc5)c(-c5ccccc5)cc1c4c32.Fc1ccc(Cn2ccnn2)cc1. The molecular formula is C38H29FN4. The predicted octanol–water partition coefficient (Wildman–Crippen LogP) is 9.43. The molecule has 0 bridgehead atoms. The highest BCUT2D eigenvalue weighted by Gasteiger charge is 2.19. The molecule has 0 saturated carbocycles. The van der Waals surface area contributed by atoms with E-state index in [4.69, 9.17) is 0 Å². The Balaban J connectivity index is 0.000000193. The van der Waals surface area contributed by atoms with Gasteiger partial charge >= 0.3 is 0 Å². The Kier molecular flexibility index (Phi) is 6.97. The van der Waals surface area contributed by atoms with Crippen LogP contribution in [-0.4, -0.2) is 22.0 Å². The van der Waals surface area contributed by atoms with Crippen molar-refractivity contribution in [2.45, 2.75) is 6.54 Å². The van der Waals surface area contributed by atoms with E-state index in [1.165, 1.54) is 72.4 Å². The summed E-state index contributed by atoms with van der Waals surface area (Å²) >= 11 is 0. The summed E-state index contributed by atoms with van der Waals surface area (Å²) in [5.41, 5.74) is 7.23. The number of anilines is 1. The molecule has 0 aliphatic carbocycles. The first-order valence-corrected chi connectivity index (χ1v) is 14.3. The van der Waals surface area contributed by atoms with Crippen molar-refractivity contribution in [3.8, 4) is 22.3 Å². The highest BCUT2D eigenvalue weighted by atomic mass is 19.1. The van der Waals surface area contributed by atoms with Gasteiger partial charge in [-0.2, -0.15) is 0 Å². The second kappa shape index (κ2) is 11.4. The van der Waals surface area contributed by atoms with Gasteiger partial charge in [0.2, 0.25) is 0 Å². The minimum Gasteiger partial charge on any atom is -0.388 e. The summed E-state index contributed by atoms with van der Waals surface area (Å²) in [7, 11) is 2.01. The number of halogens is 1. The van der Waals surface area contributed by atoms with E-state index in [0.29, 0.717) is 6.54 Å². The van der Waals surface area contributed by atoms with Gasteiger partial charge in [-0.25, -0.2) is 9.07 Å². The molecule has 1 heterocycles. The fourth-order valence-corrected chi connectivity index (χ4v) is 5.96. The van der Waals surface area contributed by atoms with Crippen molar-refractivity contribution in [2.75, 3.05) is 12.4 Å². The van der Waals surface area contributed by atoms with Gasteiger partial charge in [-0.05, 0) is 73.6 Å². The smallest absolute Gasteiger partial charge is 0.123 e. The molecule has 0 aliphatic rings. The van der Waals surface area contributed by atoms with Crippen LogP contribution in [0, 0.1) is 5.82 Å². The van der Waals surface area contributed by atoms with Crippen molar-refractivity contribution in [2.24, 2.45) is 0 Å². The van der Waals surface area contributed by atoms with E-state index < -0.39 is 0 Å². The fourth-order valence-electron chi connectivity index (χ4n) is 5.96. The Hall–Kier alpha value is -5.55.